The third kappa shape index (κ3) is 2.59. The minimum absolute atomic E-state index is 0.623. The van der Waals surface area contributed by atoms with E-state index in [4.69, 9.17) is 0 Å². The van der Waals surface area contributed by atoms with Crippen molar-refractivity contribution in [3.8, 4) is 0 Å². The van der Waals surface area contributed by atoms with Crippen molar-refractivity contribution in [1.82, 2.24) is 0 Å². The van der Waals surface area contributed by atoms with Crippen molar-refractivity contribution in [2.24, 2.45) is 5.41 Å². The van der Waals surface area contributed by atoms with Crippen LogP contribution in [0.25, 0.3) is 0 Å². The molecule has 11 heavy (non-hydrogen) atoms. The van der Waals surface area contributed by atoms with Gasteiger partial charge >= 0.3 is 0 Å². The summed E-state index contributed by atoms with van der Waals surface area (Å²) in [5, 5.41) is 0.785. The molecular weight excluding hydrogens is 172 g/mol. The Balaban J connectivity index is 2.22. The van der Waals surface area contributed by atoms with Gasteiger partial charge in [-0.3, -0.25) is 0 Å². The van der Waals surface area contributed by atoms with Crippen LogP contribution in [0, 0.1) is 5.41 Å². The molecule has 0 unspecified atom stereocenters. The zero-order chi connectivity index (χ0) is 8.32. The number of hydrogen-bond acceptors (Lipinski definition) is 2. The highest BCUT2D eigenvalue weighted by atomic mass is 32.2. The SMILES string of the molecule is CC(C)SCC1(CS)CCC1. The average Bonchev–Trinajstić information content (AvgIpc) is 1.86. The molecule has 1 aliphatic rings. The van der Waals surface area contributed by atoms with Gasteiger partial charge in [-0.1, -0.05) is 20.3 Å². The van der Waals surface area contributed by atoms with Gasteiger partial charge in [-0.05, 0) is 35.0 Å². The first kappa shape index (κ1) is 9.79. The summed E-state index contributed by atoms with van der Waals surface area (Å²) in [7, 11) is 0. The van der Waals surface area contributed by atoms with Gasteiger partial charge in [-0.25, -0.2) is 0 Å². The van der Waals surface area contributed by atoms with Gasteiger partial charge in [0.15, 0.2) is 0 Å². The molecule has 0 heterocycles. The molecule has 66 valence electrons. The van der Waals surface area contributed by atoms with Crippen LogP contribution in [-0.2, 0) is 0 Å². The molecule has 0 nitrogen and oxygen atoms in total. The standard InChI is InChI=1S/C9H18S2/c1-8(2)11-7-9(6-10)4-3-5-9/h8,10H,3-7H2,1-2H3. The first-order valence-electron chi connectivity index (χ1n) is 4.41. The molecule has 0 spiro atoms. The lowest BCUT2D eigenvalue weighted by Crippen LogP contribution is -2.34. The molecule has 1 fully saturated rings. The van der Waals surface area contributed by atoms with Crippen molar-refractivity contribution in [2.45, 2.75) is 38.4 Å². The summed E-state index contributed by atoms with van der Waals surface area (Å²) in [6, 6.07) is 0. The lowest BCUT2D eigenvalue weighted by atomic mass is 9.72. The highest BCUT2D eigenvalue weighted by molar-refractivity contribution is 7.99. The molecule has 0 atom stereocenters. The second kappa shape index (κ2) is 4.08. The molecular formula is C9H18S2. The zero-order valence-electron chi connectivity index (χ0n) is 7.47. The van der Waals surface area contributed by atoms with Gasteiger partial charge in [0.05, 0.1) is 0 Å². The molecule has 1 saturated carbocycles. The summed E-state index contributed by atoms with van der Waals surface area (Å²) in [6.07, 6.45) is 4.26. The van der Waals surface area contributed by atoms with Crippen LogP contribution in [0.2, 0.25) is 0 Å². The minimum Gasteiger partial charge on any atom is -0.179 e. The maximum Gasteiger partial charge on any atom is -0.0000414 e. The molecule has 0 aromatic heterocycles. The quantitative estimate of drug-likeness (QED) is 0.664. The summed E-state index contributed by atoms with van der Waals surface area (Å²) in [5.41, 5.74) is 0.623. The van der Waals surface area contributed by atoms with E-state index < -0.39 is 0 Å². The Labute approximate surface area is 79.9 Å². The lowest BCUT2D eigenvalue weighted by Gasteiger charge is -2.41. The maximum absolute atomic E-state index is 4.42. The third-order valence-electron chi connectivity index (χ3n) is 2.47. The lowest BCUT2D eigenvalue weighted by molar-refractivity contribution is 0.205. The van der Waals surface area contributed by atoms with Crippen LogP contribution in [0.3, 0.4) is 0 Å². The molecule has 2 heteroatoms. The molecule has 0 amide bonds. The Kier molecular flexibility index (Phi) is 3.63. The van der Waals surface area contributed by atoms with E-state index in [0.29, 0.717) is 5.41 Å². The fourth-order valence-electron chi connectivity index (χ4n) is 1.37. The maximum atomic E-state index is 4.42. The third-order valence-corrected chi connectivity index (χ3v) is 4.59. The van der Waals surface area contributed by atoms with Crippen molar-refractivity contribution < 1.29 is 0 Å². The van der Waals surface area contributed by atoms with Crippen LogP contribution in [-0.4, -0.2) is 16.8 Å². The highest BCUT2D eigenvalue weighted by Crippen LogP contribution is 2.44. The van der Waals surface area contributed by atoms with Crippen LogP contribution in [0.4, 0.5) is 0 Å². The van der Waals surface area contributed by atoms with Crippen LogP contribution >= 0.6 is 24.4 Å². The van der Waals surface area contributed by atoms with Gasteiger partial charge in [0.25, 0.3) is 0 Å². The predicted octanol–water partition coefficient (Wildman–Crippen LogP) is 3.23. The van der Waals surface area contributed by atoms with E-state index in [-0.39, 0.29) is 0 Å². The highest BCUT2D eigenvalue weighted by Gasteiger charge is 2.35. The second-order valence-electron chi connectivity index (χ2n) is 3.87. The fourth-order valence-corrected chi connectivity index (χ4v) is 3.03. The summed E-state index contributed by atoms with van der Waals surface area (Å²) in [4.78, 5) is 0. The summed E-state index contributed by atoms with van der Waals surface area (Å²) >= 11 is 6.51. The Hall–Kier alpha value is 0.700. The van der Waals surface area contributed by atoms with Crippen molar-refractivity contribution in [2.75, 3.05) is 11.5 Å². The van der Waals surface area contributed by atoms with E-state index in [1.54, 1.807) is 0 Å². The van der Waals surface area contributed by atoms with Crippen LogP contribution in [0.5, 0.6) is 0 Å². The molecule has 0 aromatic rings. The zero-order valence-corrected chi connectivity index (χ0v) is 9.18. The van der Waals surface area contributed by atoms with Gasteiger partial charge in [-0.2, -0.15) is 24.4 Å². The van der Waals surface area contributed by atoms with Crippen LogP contribution < -0.4 is 0 Å². The van der Waals surface area contributed by atoms with Gasteiger partial charge in [-0.15, -0.1) is 0 Å². The fraction of sp³-hybridized carbons (Fsp3) is 1.00. The molecule has 1 aliphatic carbocycles. The van der Waals surface area contributed by atoms with Crippen molar-refractivity contribution in [3.05, 3.63) is 0 Å². The van der Waals surface area contributed by atoms with E-state index >= 15 is 0 Å². The Morgan fingerprint density at radius 2 is 2.09 bits per heavy atom. The van der Waals surface area contributed by atoms with Gasteiger partial charge in [0.2, 0.25) is 0 Å². The van der Waals surface area contributed by atoms with Crippen LogP contribution in [0.15, 0.2) is 0 Å². The molecule has 0 aliphatic heterocycles. The van der Waals surface area contributed by atoms with E-state index in [2.05, 4.69) is 38.2 Å². The number of thioether (sulfide) groups is 1. The predicted molar refractivity (Wildman–Crippen MR) is 57.7 cm³/mol. The normalized spacial score (nSPS) is 21.8. The van der Waals surface area contributed by atoms with Crippen molar-refractivity contribution in [1.29, 1.82) is 0 Å². The molecule has 0 bridgehead atoms. The number of rotatable bonds is 4. The Morgan fingerprint density at radius 3 is 2.36 bits per heavy atom. The van der Waals surface area contributed by atoms with E-state index in [0.717, 1.165) is 11.0 Å². The van der Waals surface area contributed by atoms with Crippen molar-refractivity contribution in [3.63, 3.8) is 0 Å². The molecule has 0 saturated heterocycles. The van der Waals surface area contributed by atoms with Gasteiger partial charge in [0.1, 0.15) is 0 Å². The van der Waals surface area contributed by atoms with Gasteiger partial charge in [0, 0.05) is 0 Å². The summed E-state index contributed by atoms with van der Waals surface area (Å²) in [6.45, 7) is 4.55. The molecule has 0 radical (unpaired) electrons. The largest absolute Gasteiger partial charge is 0.179 e. The van der Waals surface area contributed by atoms with Crippen molar-refractivity contribution >= 4 is 24.4 Å². The first-order chi connectivity index (χ1) is 5.18. The molecule has 1 rings (SSSR count). The van der Waals surface area contributed by atoms with E-state index in [1.165, 1.54) is 25.0 Å². The summed E-state index contributed by atoms with van der Waals surface area (Å²) in [5.74, 6) is 2.42. The Bertz CT molecular complexity index is 111. The van der Waals surface area contributed by atoms with Crippen LogP contribution in [0.1, 0.15) is 33.1 Å². The van der Waals surface area contributed by atoms with E-state index in [1.807, 2.05) is 0 Å². The van der Waals surface area contributed by atoms with Gasteiger partial charge < -0.3 is 0 Å². The van der Waals surface area contributed by atoms with E-state index in [9.17, 15) is 0 Å². The topological polar surface area (TPSA) is 0 Å². The second-order valence-corrected chi connectivity index (χ2v) is 5.75. The number of thiol groups is 1. The monoisotopic (exact) mass is 190 g/mol. The Morgan fingerprint density at radius 1 is 1.45 bits per heavy atom. The average molecular weight is 190 g/mol. The first-order valence-corrected chi connectivity index (χ1v) is 6.09. The molecule has 0 aromatic carbocycles. The summed E-state index contributed by atoms with van der Waals surface area (Å²) < 4.78 is 0. The molecule has 0 N–H and O–H groups in total. The minimum atomic E-state index is 0.623. The smallest absolute Gasteiger partial charge is 0.0000414 e. The number of hydrogen-bond donors (Lipinski definition) is 1.